The molecule has 6 heteroatoms. The zero-order chi connectivity index (χ0) is 26.1. The molecular weight excluding hydrogens is 671 g/mol. The van der Waals surface area contributed by atoms with Crippen molar-refractivity contribution in [1.82, 2.24) is 4.98 Å². The Morgan fingerprint density at radius 3 is 2.45 bits per heavy atom. The van der Waals surface area contributed by atoms with Crippen LogP contribution in [0.25, 0.3) is 53.9 Å². The molecule has 0 atom stereocenters. The Kier molecular flexibility index (Phi) is 8.27. The van der Waals surface area contributed by atoms with Crippen molar-refractivity contribution in [2.75, 3.05) is 0 Å². The number of ketones is 1. The van der Waals surface area contributed by atoms with E-state index in [1.165, 1.54) is 57.0 Å². The van der Waals surface area contributed by atoms with Crippen molar-refractivity contribution < 1.29 is 34.4 Å². The number of pyridine rings is 1. The molecule has 0 unspecified atom stereocenters. The van der Waals surface area contributed by atoms with E-state index < -0.39 is 0 Å². The van der Waals surface area contributed by atoms with Crippen molar-refractivity contribution in [1.29, 1.82) is 0 Å². The van der Waals surface area contributed by atoms with Crippen LogP contribution in [-0.2, 0) is 24.9 Å². The first kappa shape index (κ1) is 27.5. The van der Waals surface area contributed by atoms with E-state index in [2.05, 4.69) is 56.3 Å². The van der Waals surface area contributed by atoms with Gasteiger partial charge >= 0.3 is 0 Å². The predicted molar refractivity (Wildman–Crippen MR) is 153 cm³/mol. The summed E-state index contributed by atoms with van der Waals surface area (Å²) < 4.78 is 7.42. The van der Waals surface area contributed by atoms with Gasteiger partial charge in [0, 0.05) is 53.0 Å². The molecule has 1 radical (unpaired) electrons. The first-order chi connectivity index (χ1) is 17.8. The van der Waals surface area contributed by atoms with Crippen LogP contribution >= 0.6 is 11.3 Å². The summed E-state index contributed by atoms with van der Waals surface area (Å²) in [4.78, 5) is 16.1. The van der Waals surface area contributed by atoms with Crippen molar-refractivity contribution in [3.05, 3.63) is 102 Å². The summed E-state index contributed by atoms with van der Waals surface area (Å²) in [6, 6.07) is 28.2. The quantitative estimate of drug-likeness (QED) is 0.114. The average Bonchev–Trinajstić information content (AvgIpc) is 3.45. The fourth-order valence-electron chi connectivity index (χ4n) is 4.61. The van der Waals surface area contributed by atoms with Gasteiger partial charge in [-0.1, -0.05) is 24.3 Å². The third-order valence-corrected chi connectivity index (χ3v) is 7.23. The van der Waals surface area contributed by atoms with Gasteiger partial charge in [0.15, 0.2) is 5.78 Å². The molecule has 3 heterocycles. The molecule has 0 aliphatic heterocycles. The summed E-state index contributed by atoms with van der Waals surface area (Å²) in [5, 5.41) is 10.7. The third kappa shape index (κ3) is 5.48. The van der Waals surface area contributed by atoms with E-state index in [0.717, 1.165) is 27.9 Å². The number of aromatic nitrogens is 1. The van der Waals surface area contributed by atoms with Crippen LogP contribution < -0.4 is 0 Å². The van der Waals surface area contributed by atoms with Crippen molar-refractivity contribution >= 4 is 49.3 Å². The van der Waals surface area contributed by atoms with Crippen LogP contribution in [0.5, 0.6) is 0 Å². The molecule has 1 N–H and O–H groups in total. The number of benzene rings is 3. The van der Waals surface area contributed by atoms with Crippen molar-refractivity contribution in [3.8, 4) is 21.7 Å². The largest absolute Gasteiger partial charge is 0.512 e. The molecule has 193 valence electrons. The minimum Gasteiger partial charge on any atom is -0.512 e. The number of furan rings is 1. The second kappa shape index (κ2) is 11.4. The van der Waals surface area contributed by atoms with Crippen LogP contribution in [0.2, 0.25) is 0 Å². The van der Waals surface area contributed by atoms with E-state index in [9.17, 15) is 4.79 Å². The Morgan fingerprint density at radius 2 is 1.76 bits per heavy atom. The molecule has 0 saturated carbocycles. The SMILES string of the molecule is CC(=O)/C=C(/C)O.Cc1cc2c(oc3ccccc32)c(C)c1-c1cc2nc(-c3[c-]cccc3)ccc2s1.[Ir]. The summed E-state index contributed by atoms with van der Waals surface area (Å²) in [6.45, 7) is 7.20. The number of fused-ring (bicyclic) bond motifs is 4. The number of aliphatic hydroxyl groups is 1. The average molecular weight is 697 g/mol. The molecule has 0 spiro atoms. The fourth-order valence-corrected chi connectivity index (χ4v) is 5.78. The standard InChI is InChI=1S/C27H18NOS.C5H8O2.Ir/c1-16-14-20-19-10-6-7-11-23(19)29-27(20)17(2)26(16)25-15-22-24(30-25)13-12-21(28-22)18-8-4-3-5-9-18;1-4(6)3-5(2)7;/h3-8,10-15H,1-2H3;3,6H,1-2H3;/q-1;;/b;4-3-;. The Labute approximate surface area is 239 Å². The van der Waals surface area contributed by atoms with Gasteiger partial charge in [-0.2, -0.15) is 0 Å². The zero-order valence-electron chi connectivity index (χ0n) is 21.5. The summed E-state index contributed by atoms with van der Waals surface area (Å²) in [5.41, 5.74) is 8.59. The van der Waals surface area contributed by atoms with Gasteiger partial charge in [0.05, 0.1) is 16.0 Å². The van der Waals surface area contributed by atoms with Crippen molar-refractivity contribution in [3.63, 3.8) is 0 Å². The van der Waals surface area contributed by atoms with E-state index in [0.29, 0.717) is 0 Å². The Balaban J connectivity index is 0.000000375. The fraction of sp³-hybridized carbons (Fsp3) is 0.125. The van der Waals surface area contributed by atoms with Crippen LogP contribution in [-0.4, -0.2) is 15.9 Å². The Hall–Kier alpha value is -3.57. The van der Waals surface area contributed by atoms with Gasteiger partial charge in [0.1, 0.15) is 11.2 Å². The van der Waals surface area contributed by atoms with Gasteiger partial charge in [0.25, 0.3) is 0 Å². The van der Waals surface area contributed by atoms with E-state index in [-0.39, 0.29) is 31.6 Å². The summed E-state index contributed by atoms with van der Waals surface area (Å²) in [6.07, 6.45) is 1.17. The number of aryl methyl sites for hydroxylation is 2. The summed E-state index contributed by atoms with van der Waals surface area (Å²) in [7, 11) is 0. The number of carbonyl (C=O) groups excluding carboxylic acids is 1. The summed E-state index contributed by atoms with van der Waals surface area (Å²) >= 11 is 1.78. The summed E-state index contributed by atoms with van der Waals surface area (Å²) in [5.74, 6) is -0.0625. The van der Waals surface area contributed by atoms with E-state index >= 15 is 0 Å². The number of thiophene rings is 1. The van der Waals surface area contributed by atoms with Crippen LogP contribution in [0.3, 0.4) is 0 Å². The van der Waals surface area contributed by atoms with E-state index in [4.69, 9.17) is 14.5 Å². The van der Waals surface area contributed by atoms with Gasteiger partial charge in [0.2, 0.25) is 0 Å². The molecule has 6 aromatic rings. The van der Waals surface area contributed by atoms with Crippen LogP contribution in [0, 0.1) is 19.9 Å². The molecule has 3 aromatic heterocycles. The molecule has 4 nitrogen and oxygen atoms in total. The third-order valence-electron chi connectivity index (χ3n) is 6.12. The zero-order valence-corrected chi connectivity index (χ0v) is 24.7. The maximum atomic E-state index is 10.0. The number of allylic oxidation sites excluding steroid dienone is 2. The Bertz CT molecular complexity index is 1790. The molecule has 0 amide bonds. The number of rotatable bonds is 3. The molecule has 38 heavy (non-hydrogen) atoms. The molecular formula is C32H26IrNO3S-. The van der Waals surface area contributed by atoms with E-state index in [1.54, 1.807) is 11.3 Å². The van der Waals surface area contributed by atoms with Crippen LogP contribution in [0.1, 0.15) is 25.0 Å². The molecule has 0 saturated heterocycles. The maximum Gasteiger partial charge on any atom is 0.155 e. The molecule has 3 aromatic carbocycles. The second-order valence-electron chi connectivity index (χ2n) is 9.03. The number of aliphatic hydroxyl groups excluding tert-OH is 1. The van der Waals surface area contributed by atoms with Crippen molar-refractivity contribution in [2.24, 2.45) is 0 Å². The number of hydrogen-bond donors (Lipinski definition) is 1. The van der Waals surface area contributed by atoms with Crippen molar-refractivity contribution in [2.45, 2.75) is 27.7 Å². The molecule has 0 aliphatic carbocycles. The molecule has 0 bridgehead atoms. The Morgan fingerprint density at radius 1 is 1.00 bits per heavy atom. The predicted octanol–water partition coefficient (Wildman–Crippen LogP) is 8.98. The second-order valence-corrected chi connectivity index (χ2v) is 10.1. The first-order valence-electron chi connectivity index (χ1n) is 12.0. The molecule has 6 rings (SSSR count). The van der Waals surface area contributed by atoms with Crippen LogP contribution in [0.15, 0.2) is 89.0 Å². The normalized spacial score (nSPS) is 11.3. The monoisotopic (exact) mass is 697 g/mol. The number of para-hydroxylation sites is 1. The van der Waals surface area contributed by atoms with Gasteiger partial charge in [-0.15, -0.1) is 47.2 Å². The number of carbonyl (C=O) groups is 1. The minimum atomic E-state index is -0.125. The molecule has 0 fully saturated rings. The first-order valence-corrected chi connectivity index (χ1v) is 12.8. The van der Waals surface area contributed by atoms with Gasteiger partial charge in [-0.3, -0.25) is 9.78 Å². The number of nitrogens with zero attached hydrogens (tertiary/aromatic N) is 1. The molecule has 0 aliphatic rings. The topological polar surface area (TPSA) is 63.3 Å². The number of hydrogen-bond acceptors (Lipinski definition) is 5. The maximum absolute atomic E-state index is 10.0. The van der Waals surface area contributed by atoms with E-state index in [1.807, 2.05) is 36.4 Å². The van der Waals surface area contributed by atoms with Gasteiger partial charge in [-0.05, 0) is 63.2 Å². The smallest absolute Gasteiger partial charge is 0.155 e. The minimum absolute atomic E-state index is 0. The van der Waals surface area contributed by atoms with Crippen LogP contribution in [0.4, 0.5) is 0 Å². The van der Waals surface area contributed by atoms with Gasteiger partial charge in [-0.25, -0.2) is 0 Å². The van der Waals surface area contributed by atoms with Gasteiger partial charge < -0.3 is 9.52 Å².